The summed E-state index contributed by atoms with van der Waals surface area (Å²) >= 11 is 0. The molecule has 0 N–H and O–H groups in total. The van der Waals surface area contributed by atoms with Crippen LogP contribution in [0, 0.1) is 27.6 Å². The molecule has 0 bridgehead atoms. The Labute approximate surface area is 244 Å². The average Bonchev–Trinajstić information content (AvgIpc) is 3.28. The second-order valence-corrected chi connectivity index (χ2v) is 16.2. The first-order chi connectivity index (χ1) is 17.6. The summed E-state index contributed by atoms with van der Waals surface area (Å²) in [4.78, 5) is 0. The van der Waals surface area contributed by atoms with Gasteiger partial charge in [0, 0.05) is 18.2 Å². The molecule has 1 heterocycles. The zero-order valence-electron chi connectivity index (χ0n) is 29.1. The third kappa shape index (κ3) is 9.17. The molecule has 4 heteroatoms. The SMILES string of the molecule is CC=C(CCC)C(C)(CC)C(C)(C)CC(C)(C)C(C)(C)COC(C)(C)CCn1cc(C(C)(C)CC(C)C)nn1. The fourth-order valence-corrected chi connectivity index (χ4v) is 6.56. The molecule has 1 aromatic rings. The van der Waals surface area contributed by atoms with Crippen molar-refractivity contribution in [1.82, 2.24) is 15.0 Å². The van der Waals surface area contributed by atoms with Crippen LogP contribution in [0.2, 0.25) is 0 Å². The summed E-state index contributed by atoms with van der Waals surface area (Å²) in [5.41, 5.74) is 3.00. The molecule has 0 spiro atoms. The van der Waals surface area contributed by atoms with Crippen molar-refractivity contribution in [1.29, 1.82) is 0 Å². The molecule has 39 heavy (non-hydrogen) atoms. The molecule has 0 aliphatic heterocycles. The van der Waals surface area contributed by atoms with Gasteiger partial charge < -0.3 is 4.74 Å². The standard InChI is InChI=1S/C35H67N3O/c1-17-20-28(18-2)35(16,19-3)32(10,11)25-31(8,9)33(12,13)26-39-34(14,15)21-22-38-24-29(36-37-38)30(6,7)23-27(4)5/h18,24,27H,17,19-23,25-26H2,1-16H3. The molecule has 1 atom stereocenters. The summed E-state index contributed by atoms with van der Waals surface area (Å²) in [6.45, 7) is 39.1. The van der Waals surface area contributed by atoms with Crippen LogP contribution >= 0.6 is 0 Å². The molecule has 1 rings (SSSR count). The Morgan fingerprint density at radius 1 is 0.923 bits per heavy atom. The number of hydrogen-bond donors (Lipinski definition) is 0. The molecular weight excluding hydrogens is 478 g/mol. The fraction of sp³-hybridized carbons (Fsp3) is 0.886. The number of nitrogens with zero attached hydrogens (tertiary/aromatic N) is 3. The van der Waals surface area contributed by atoms with E-state index in [1.54, 1.807) is 5.57 Å². The Hall–Kier alpha value is -1.16. The molecule has 1 aromatic heterocycles. The van der Waals surface area contributed by atoms with Crippen LogP contribution in [0.25, 0.3) is 0 Å². The van der Waals surface area contributed by atoms with Crippen LogP contribution in [0.4, 0.5) is 0 Å². The lowest BCUT2D eigenvalue weighted by Gasteiger charge is -2.53. The van der Waals surface area contributed by atoms with Crippen LogP contribution in [0.3, 0.4) is 0 Å². The molecule has 0 radical (unpaired) electrons. The first-order valence-electron chi connectivity index (χ1n) is 15.8. The van der Waals surface area contributed by atoms with Crippen molar-refractivity contribution in [3.05, 3.63) is 23.5 Å². The van der Waals surface area contributed by atoms with Gasteiger partial charge in [0.1, 0.15) is 0 Å². The summed E-state index contributed by atoms with van der Waals surface area (Å²) in [6.07, 6.45) is 11.2. The number of rotatable bonds is 17. The first kappa shape index (κ1) is 35.9. The maximum absolute atomic E-state index is 6.69. The second kappa shape index (κ2) is 13.2. The van der Waals surface area contributed by atoms with Gasteiger partial charge in [0.05, 0.1) is 17.9 Å². The fourth-order valence-electron chi connectivity index (χ4n) is 6.56. The molecule has 0 aliphatic carbocycles. The molecule has 1 unspecified atom stereocenters. The van der Waals surface area contributed by atoms with E-state index >= 15 is 0 Å². The van der Waals surface area contributed by atoms with Crippen molar-refractivity contribution in [2.24, 2.45) is 27.6 Å². The van der Waals surface area contributed by atoms with Gasteiger partial charge in [-0.2, -0.15) is 0 Å². The van der Waals surface area contributed by atoms with E-state index in [2.05, 4.69) is 133 Å². The number of ether oxygens (including phenoxy) is 1. The normalized spacial score (nSPS) is 16.2. The number of allylic oxidation sites excluding steroid dienone is 2. The van der Waals surface area contributed by atoms with Crippen LogP contribution in [-0.2, 0) is 16.7 Å². The van der Waals surface area contributed by atoms with Gasteiger partial charge in [0.15, 0.2) is 0 Å². The van der Waals surface area contributed by atoms with Crippen molar-refractivity contribution in [2.75, 3.05) is 6.61 Å². The van der Waals surface area contributed by atoms with Crippen LogP contribution in [0.15, 0.2) is 17.8 Å². The summed E-state index contributed by atoms with van der Waals surface area (Å²) in [5.74, 6) is 0.632. The molecular formula is C35H67N3O. The van der Waals surface area contributed by atoms with Crippen molar-refractivity contribution >= 4 is 0 Å². The largest absolute Gasteiger partial charge is 0.375 e. The van der Waals surface area contributed by atoms with E-state index in [1.165, 1.54) is 19.3 Å². The summed E-state index contributed by atoms with van der Waals surface area (Å²) in [7, 11) is 0. The van der Waals surface area contributed by atoms with E-state index in [1.807, 2.05) is 4.68 Å². The highest BCUT2D eigenvalue weighted by Crippen LogP contribution is 2.57. The van der Waals surface area contributed by atoms with Gasteiger partial charge in [-0.05, 0) is 80.5 Å². The Morgan fingerprint density at radius 3 is 2.00 bits per heavy atom. The lowest BCUT2D eigenvalue weighted by molar-refractivity contribution is -0.105. The number of aryl methyl sites for hydroxylation is 1. The zero-order chi connectivity index (χ0) is 30.5. The number of hydrogen-bond acceptors (Lipinski definition) is 3. The predicted molar refractivity (Wildman–Crippen MR) is 170 cm³/mol. The lowest BCUT2D eigenvalue weighted by atomic mass is 9.52. The third-order valence-corrected chi connectivity index (χ3v) is 10.4. The van der Waals surface area contributed by atoms with Crippen LogP contribution in [0.5, 0.6) is 0 Å². The van der Waals surface area contributed by atoms with Crippen molar-refractivity contribution in [3.8, 4) is 0 Å². The Kier molecular flexibility index (Phi) is 12.2. The van der Waals surface area contributed by atoms with Gasteiger partial charge in [0.25, 0.3) is 0 Å². The van der Waals surface area contributed by atoms with E-state index in [0.717, 1.165) is 38.1 Å². The maximum atomic E-state index is 6.69. The minimum atomic E-state index is -0.236. The highest BCUT2D eigenvalue weighted by molar-refractivity contribution is 5.18. The topological polar surface area (TPSA) is 39.9 Å². The van der Waals surface area contributed by atoms with Gasteiger partial charge >= 0.3 is 0 Å². The Balaban J connectivity index is 2.92. The zero-order valence-corrected chi connectivity index (χ0v) is 29.1. The predicted octanol–water partition coefficient (Wildman–Crippen LogP) is 10.4. The van der Waals surface area contributed by atoms with E-state index < -0.39 is 0 Å². The Morgan fingerprint density at radius 2 is 1.51 bits per heavy atom. The molecule has 0 saturated heterocycles. The van der Waals surface area contributed by atoms with Crippen molar-refractivity contribution in [3.63, 3.8) is 0 Å². The summed E-state index contributed by atoms with van der Waals surface area (Å²) in [6, 6.07) is 0. The lowest BCUT2D eigenvalue weighted by Crippen LogP contribution is -2.46. The van der Waals surface area contributed by atoms with Crippen molar-refractivity contribution < 1.29 is 4.74 Å². The molecule has 4 nitrogen and oxygen atoms in total. The first-order valence-corrected chi connectivity index (χ1v) is 15.8. The summed E-state index contributed by atoms with van der Waals surface area (Å²) < 4.78 is 8.69. The van der Waals surface area contributed by atoms with Crippen LogP contribution in [0.1, 0.15) is 155 Å². The van der Waals surface area contributed by atoms with Crippen LogP contribution < -0.4 is 0 Å². The van der Waals surface area contributed by atoms with Gasteiger partial charge in [-0.15, -0.1) is 5.10 Å². The minimum Gasteiger partial charge on any atom is -0.375 e. The summed E-state index contributed by atoms with van der Waals surface area (Å²) in [5, 5.41) is 8.97. The van der Waals surface area contributed by atoms with E-state index in [0.29, 0.717) is 5.92 Å². The van der Waals surface area contributed by atoms with Gasteiger partial charge in [-0.1, -0.05) is 113 Å². The van der Waals surface area contributed by atoms with Gasteiger partial charge in [-0.3, -0.25) is 4.68 Å². The van der Waals surface area contributed by atoms with E-state index in [-0.39, 0.29) is 32.7 Å². The quantitative estimate of drug-likeness (QED) is 0.183. The average molecular weight is 546 g/mol. The van der Waals surface area contributed by atoms with E-state index in [4.69, 9.17) is 4.74 Å². The smallest absolute Gasteiger partial charge is 0.0883 e. The molecule has 228 valence electrons. The highest BCUT2D eigenvalue weighted by Gasteiger charge is 2.48. The molecule has 0 aliphatic rings. The van der Waals surface area contributed by atoms with Crippen molar-refractivity contribution in [2.45, 2.75) is 167 Å². The number of aromatic nitrogens is 3. The third-order valence-electron chi connectivity index (χ3n) is 10.4. The molecule has 0 aromatic carbocycles. The molecule has 0 amide bonds. The van der Waals surface area contributed by atoms with Crippen LogP contribution in [-0.4, -0.2) is 27.2 Å². The van der Waals surface area contributed by atoms with Gasteiger partial charge in [-0.25, -0.2) is 0 Å². The van der Waals surface area contributed by atoms with E-state index in [9.17, 15) is 0 Å². The monoisotopic (exact) mass is 546 g/mol. The second-order valence-electron chi connectivity index (χ2n) is 16.2. The molecule has 0 fully saturated rings. The Bertz CT molecular complexity index is 916. The minimum absolute atomic E-state index is 0.0261. The maximum Gasteiger partial charge on any atom is 0.0883 e. The molecule has 0 saturated carbocycles. The van der Waals surface area contributed by atoms with Gasteiger partial charge in [0.2, 0.25) is 0 Å². The highest BCUT2D eigenvalue weighted by atomic mass is 16.5.